The molecule has 0 radical (unpaired) electrons. The number of hydrogen-bond donors (Lipinski definition) is 0. The Morgan fingerprint density at radius 1 is 1.33 bits per heavy atom. The lowest BCUT2D eigenvalue weighted by atomic mass is 10.1. The minimum atomic E-state index is 0.561. The van der Waals surface area contributed by atoms with E-state index in [1.807, 2.05) is 0 Å². The minimum Gasteiger partial charge on any atom is -0.373 e. The summed E-state index contributed by atoms with van der Waals surface area (Å²) in [7, 11) is 0. The summed E-state index contributed by atoms with van der Waals surface area (Å²) in [5.41, 5.74) is 2.76. The lowest BCUT2D eigenvalue weighted by Gasteiger charge is -1.99. The van der Waals surface area contributed by atoms with Crippen LogP contribution < -0.4 is 0 Å². The zero-order valence-corrected chi connectivity index (χ0v) is 7.42. The molecule has 1 heterocycles. The molecule has 1 saturated heterocycles. The van der Waals surface area contributed by atoms with E-state index in [2.05, 4.69) is 31.2 Å². The Morgan fingerprint density at radius 2 is 2.00 bits per heavy atom. The highest BCUT2D eigenvalue weighted by molar-refractivity contribution is 5.21. The molecule has 1 aliphatic rings. The second-order valence-corrected chi connectivity index (χ2v) is 3.48. The van der Waals surface area contributed by atoms with Crippen molar-refractivity contribution in [2.45, 2.75) is 25.9 Å². The van der Waals surface area contributed by atoms with Crippen molar-refractivity contribution in [3.05, 3.63) is 35.4 Å². The number of hydrogen-bond acceptors (Lipinski definition) is 1. The van der Waals surface area contributed by atoms with Crippen LogP contribution in [0.1, 0.15) is 17.5 Å². The first-order chi connectivity index (χ1) is 5.84. The number of benzene rings is 1. The van der Waals surface area contributed by atoms with E-state index in [4.69, 9.17) is 4.74 Å². The van der Waals surface area contributed by atoms with Crippen LogP contribution in [0.2, 0.25) is 0 Å². The molecule has 1 aliphatic heterocycles. The van der Waals surface area contributed by atoms with Crippen LogP contribution in [0.25, 0.3) is 0 Å². The molecule has 1 nitrogen and oxygen atoms in total. The van der Waals surface area contributed by atoms with Gasteiger partial charge in [-0.25, -0.2) is 0 Å². The second kappa shape index (κ2) is 3.28. The molecule has 0 saturated carbocycles. The fraction of sp³-hybridized carbons (Fsp3) is 0.455. The Balaban J connectivity index is 1.89. The average molecular weight is 162 g/mol. The predicted octanol–water partition coefficient (Wildman–Crippen LogP) is 2.33. The van der Waals surface area contributed by atoms with Gasteiger partial charge >= 0.3 is 0 Å². The standard InChI is InChI=1S/C11H14O/c1-9-2-4-10(5-3-9)6-7-11-8-12-11/h2-5,11H,6-8H2,1H3/t11-/m0/s1. The third kappa shape index (κ3) is 2.08. The predicted molar refractivity (Wildman–Crippen MR) is 49.2 cm³/mol. The molecule has 0 N–H and O–H groups in total. The van der Waals surface area contributed by atoms with E-state index in [0.29, 0.717) is 6.10 Å². The van der Waals surface area contributed by atoms with Gasteiger partial charge in [-0.3, -0.25) is 0 Å². The zero-order valence-electron chi connectivity index (χ0n) is 7.42. The molecule has 12 heavy (non-hydrogen) atoms. The second-order valence-electron chi connectivity index (χ2n) is 3.48. The van der Waals surface area contributed by atoms with Crippen molar-refractivity contribution in [3.8, 4) is 0 Å². The number of rotatable bonds is 3. The fourth-order valence-corrected chi connectivity index (χ4v) is 1.32. The van der Waals surface area contributed by atoms with E-state index in [0.717, 1.165) is 13.0 Å². The van der Waals surface area contributed by atoms with Gasteiger partial charge in [0.2, 0.25) is 0 Å². The van der Waals surface area contributed by atoms with Crippen molar-refractivity contribution < 1.29 is 4.74 Å². The Kier molecular flexibility index (Phi) is 2.13. The van der Waals surface area contributed by atoms with Crippen LogP contribution in [0.5, 0.6) is 0 Å². The fourth-order valence-electron chi connectivity index (χ4n) is 1.32. The smallest absolute Gasteiger partial charge is 0.0813 e. The Bertz CT molecular complexity index is 246. The lowest BCUT2D eigenvalue weighted by molar-refractivity contribution is 0.397. The third-order valence-electron chi connectivity index (χ3n) is 2.28. The van der Waals surface area contributed by atoms with E-state index in [9.17, 15) is 0 Å². The molecular weight excluding hydrogens is 148 g/mol. The van der Waals surface area contributed by atoms with Gasteiger partial charge in [0.1, 0.15) is 0 Å². The summed E-state index contributed by atoms with van der Waals surface area (Å²) in [5.74, 6) is 0. The molecule has 0 aliphatic carbocycles. The van der Waals surface area contributed by atoms with Crippen molar-refractivity contribution >= 4 is 0 Å². The number of epoxide rings is 1. The lowest BCUT2D eigenvalue weighted by Crippen LogP contribution is -1.90. The van der Waals surface area contributed by atoms with Crippen LogP contribution >= 0.6 is 0 Å². The largest absolute Gasteiger partial charge is 0.373 e. The highest BCUT2D eigenvalue weighted by Crippen LogP contribution is 2.16. The van der Waals surface area contributed by atoms with Crippen molar-refractivity contribution in [3.63, 3.8) is 0 Å². The summed E-state index contributed by atoms with van der Waals surface area (Å²) >= 11 is 0. The first-order valence-electron chi connectivity index (χ1n) is 4.52. The molecule has 0 amide bonds. The van der Waals surface area contributed by atoms with Crippen LogP contribution in [0.3, 0.4) is 0 Å². The third-order valence-corrected chi connectivity index (χ3v) is 2.28. The van der Waals surface area contributed by atoms with Crippen LogP contribution in [-0.2, 0) is 11.2 Å². The maximum atomic E-state index is 5.15. The van der Waals surface area contributed by atoms with E-state index in [1.165, 1.54) is 17.5 Å². The number of ether oxygens (including phenoxy) is 1. The van der Waals surface area contributed by atoms with Crippen LogP contribution in [0.4, 0.5) is 0 Å². The van der Waals surface area contributed by atoms with Crippen molar-refractivity contribution in [2.75, 3.05) is 6.61 Å². The molecule has 0 bridgehead atoms. The molecule has 2 rings (SSSR count). The van der Waals surface area contributed by atoms with Gasteiger partial charge in [0, 0.05) is 0 Å². The molecule has 0 aromatic heterocycles. The Hall–Kier alpha value is -0.820. The van der Waals surface area contributed by atoms with Crippen LogP contribution in [-0.4, -0.2) is 12.7 Å². The molecule has 1 heteroatoms. The maximum absolute atomic E-state index is 5.15. The van der Waals surface area contributed by atoms with E-state index >= 15 is 0 Å². The van der Waals surface area contributed by atoms with Gasteiger partial charge in [0.05, 0.1) is 12.7 Å². The van der Waals surface area contributed by atoms with Crippen LogP contribution in [0.15, 0.2) is 24.3 Å². The Morgan fingerprint density at radius 3 is 2.58 bits per heavy atom. The monoisotopic (exact) mass is 162 g/mol. The molecule has 0 spiro atoms. The van der Waals surface area contributed by atoms with Crippen molar-refractivity contribution in [2.24, 2.45) is 0 Å². The summed E-state index contributed by atoms with van der Waals surface area (Å²) in [4.78, 5) is 0. The maximum Gasteiger partial charge on any atom is 0.0813 e. The van der Waals surface area contributed by atoms with Gasteiger partial charge in [0.25, 0.3) is 0 Å². The topological polar surface area (TPSA) is 12.5 Å². The zero-order chi connectivity index (χ0) is 8.39. The summed E-state index contributed by atoms with van der Waals surface area (Å²) in [6.07, 6.45) is 2.90. The Labute approximate surface area is 73.4 Å². The highest BCUT2D eigenvalue weighted by atomic mass is 16.6. The van der Waals surface area contributed by atoms with E-state index in [-0.39, 0.29) is 0 Å². The van der Waals surface area contributed by atoms with E-state index < -0.39 is 0 Å². The molecule has 64 valence electrons. The van der Waals surface area contributed by atoms with Crippen molar-refractivity contribution in [1.82, 2.24) is 0 Å². The SMILES string of the molecule is Cc1ccc(CC[C@H]2CO2)cc1. The molecule has 0 unspecified atom stereocenters. The minimum absolute atomic E-state index is 0.561. The van der Waals surface area contributed by atoms with Crippen molar-refractivity contribution in [1.29, 1.82) is 0 Å². The van der Waals surface area contributed by atoms with E-state index in [1.54, 1.807) is 0 Å². The normalized spacial score (nSPS) is 20.9. The number of aryl methyl sites for hydroxylation is 2. The summed E-state index contributed by atoms with van der Waals surface area (Å²) in [6, 6.07) is 8.75. The molecule has 1 aromatic rings. The molecule has 1 aromatic carbocycles. The quantitative estimate of drug-likeness (QED) is 0.621. The van der Waals surface area contributed by atoms with Gasteiger partial charge in [0.15, 0.2) is 0 Å². The first kappa shape index (κ1) is 7.81. The molecular formula is C11H14O. The average Bonchev–Trinajstić information content (AvgIpc) is 2.87. The van der Waals surface area contributed by atoms with Gasteiger partial charge < -0.3 is 4.74 Å². The van der Waals surface area contributed by atoms with Gasteiger partial charge in [-0.05, 0) is 25.3 Å². The summed E-state index contributed by atoms with van der Waals surface area (Å²) < 4.78 is 5.15. The highest BCUT2D eigenvalue weighted by Gasteiger charge is 2.21. The van der Waals surface area contributed by atoms with Gasteiger partial charge in [-0.2, -0.15) is 0 Å². The summed E-state index contributed by atoms with van der Waals surface area (Å²) in [5, 5.41) is 0. The first-order valence-corrected chi connectivity index (χ1v) is 4.52. The molecule has 1 fully saturated rings. The molecule has 1 atom stereocenters. The summed E-state index contributed by atoms with van der Waals surface area (Å²) in [6.45, 7) is 3.10. The van der Waals surface area contributed by atoms with Crippen LogP contribution in [0, 0.1) is 6.92 Å². The van der Waals surface area contributed by atoms with Gasteiger partial charge in [-0.1, -0.05) is 29.8 Å². The van der Waals surface area contributed by atoms with Gasteiger partial charge in [-0.15, -0.1) is 0 Å².